The average molecular weight is 254 g/mol. The van der Waals surface area contributed by atoms with Crippen LogP contribution < -0.4 is 5.32 Å². The van der Waals surface area contributed by atoms with Crippen molar-refractivity contribution in [2.24, 2.45) is 5.41 Å². The lowest BCUT2D eigenvalue weighted by molar-refractivity contribution is 0.102. The largest absolute Gasteiger partial charge is 0.396 e. The molecule has 0 aromatic rings. The Balaban J connectivity index is 1.70. The highest BCUT2D eigenvalue weighted by atomic mass is 16.3. The Kier molecular flexibility index (Phi) is 5.05. The SMILES string of the molecule is CCC(CC)(CO)CNC1CCN(C2CC2)CC1. The van der Waals surface area contributed by atoms with E-state index in [0.717, 1.165) is 25.4 Å². The molecule has 18 heavy (non-hydrogen) atoms. The van der Waals surface area contributed by atoms with Crippen LogP contribution in [0.3, 0.4) is 0 Å². The maximum atomic E-state index is 9.58. The topological polar surface area (TPSA) is 35.5 Å². The van der Waals surface area contributed by atoms with Gasteiger partial charge in [0.1, 0.15) is 0 Å². The van der Waals surface area contributed by atoms with Crippen LogP contribution in [-0.4, -0.2) is 48.3 Å². The van der Waals surface area contributed by atoms with Gasteiger partial charge in [-0.15, -0.1) is 0 Å². The number of hydrogen-bond donors (Lipinski definition) is 2. The molecule has 2 N–H and O–H groups in total. The van der Waals surface area contributed by atoms with Gasteiger partial charge in [-0.25, -0.2) is 0 Å². The summed E-state index contributed by atoms with van der Waals surface area (Å²) < 4.78 is 0. The summed E-state index contributed by atoms with van der Waals surface area (Å²) in [5, 5.41) is 13.3. The van der Waals surface area contributed by atoms with Crippen LogP contribution in [0.5, 0.6) is 0 Å². The fourth-order valence-corrected chi connectivity index (χ4v) is 3.05. The molecule has 1 aliphatic heterocycles. The van der Waals surface area contributed by atoms with Crippen LogP contribution >= 0.6 is 0 Å². The molecular formula is C15H30N2O. The van der Waals surface area contributed by atoms with Crippen molar-refractivity contribution in [2.75, 3.05) is 26.2 Å². The van der Waals surface area contributed by atoms with Crippen molar-refractivity contribution in [1.29, 1.82) is 0 Å². The molecule has 0 spiro atoms. The van der Waals surface area contributed by atoms with Gasteiger partial charge in [-0.05, 0) is 51.6 Å². The van der Waals surface area contributed by atoms with Crippen molar-refractivity contribution in [3.05, 3.63) is 0 Å². The van der Waals surface area contributed by atoms with Crippen LogP contribution in [0, 0.1) is 5.41 Å². The molecule has 3 heteroatoms. The molecule has 0 atom stereocenters. The lowest BCUT2D eigenvalue weighted by atomic mass is 9.83. The fourth-order valence-electron chi connectivity index (χ4n) is 3.05. The second-order valence-corrected chi connectivity index (χ2v) is 6.29. The van der Waals surface area contributed by atoms with Gasteiger partial charge in [0.2, 0.25) is 0 Å². The highest BCUT2D eigenvalue weighted by molar-refractivity contribution is 4.89. The summed E-state index contributed by atoms with van der Waals surface area (Å²) in [5.41, 5.74) is 0.105. The Hall–Kier alpha value is -0.120. The monoisotopic (exact) mass is 254 g/mol. The van der Waals surface area contributed by atoms with Crippen LogP contribution in [0.25, 0.3) is 0 Å². The van der Waals surface area contributed by atoms with Crippen LogP contribution in [0.15, 0.2) is 0 Å². The first kappa shape index (κ1) is 14.3. The number of likely N-dealkylation sites (tertiary alicyclic amines) is 1. The summed E-state index contributed by atoms with van der Waals surface area (Å²) in [6.45, 7) is 8.21. The summed E-state index contributed by atoms with van der Waals surface area (Å²) in [4.78, 5) is 2.66. The van der Waals surface area contributed by atoms with E-state index in [9.17, 15) is 5.11 Å². The molecule has 1 heterocycles. The zero-order valence-corrected chi connectivity index (χ0v) is 12.1. The number of hydrogen-bond acceptors (Lipinski definition) is 3. The van der Waals surface area contributed by atoms with Crippen molar-refractivity contribution < 1.29 is 5.11 Å². The number of nitrogens with one attached hydrogen (secondary N) is 1. The van der Waals surface area contributed by atoms with E-state index in [1.165, 1.54) is 38.8 Å². The molecule has 0 unspecified atom stereocenters. The van der Waals surface area contributed by atoms with Crippen molar-refractivity contribution >= 4 is 0 Å². The van der Waals surface area contributed by atoms with E-state index in [4.69, 9.17) is 0 Å². The molecule has 106 valence electrons. The third-order valence-electron chi connectivity index (χ3n) is 5.19. The van der Waals surface area contributed by atoms with Gasteiger partial charge in [0.05, 0.1) is 0 Å². The Labute approximate surface area is 112 Å². The highest BCUT2D eigenvalue weighted by Gasteiger charge is 2.32. The van der Waals surface area contributed by atoms with E-state index in [0.29, 0.717) is 12.6 Å². The molecule has 1 aliphatic carbocycles. The minimum absolute atomic E-state index is 0.105. The zero-order chi connectivity index (χ0) is 13.0. The van der Waals surface area contributed by atoms with Crippen molar-refractivity contribution in [3.8, 4) is 0 Å². The van der Waals surface area contributed by atoms with Gasteiger partial charge in [0, 0.05) is 30.7 Å². The highest BCUT2D eigenvalue weighted by Crippen LogP contribution is 2.30. The van der Waals surface area contributed by atoms with Gasteiger partial charge in [-0.3, -0.25) is 0 Å². The molecule has 1 saturated heterocycles. The van der Waals surface area contributed by atoms with Crippen molar-refractivity contribution in [3.63, 3.8) is 0 Å². The van der Waals surface area contributed by atoms with Crippen LogP contribution in [0.4, 0.5) is 0 Å². The molecule has 0 aromatic carbocycles. The number of piperidine rings is 1. The Bertz CT molecular complexity index is 233. The standard InChI is InChI=1S/C15H30N2O/c1-3-15(4-2,12-18)11-16-13-7-9-17(10-8-13)14-5-6-14/h13-14,16,18H,3-12H2,1-2H3. The number of rotatable bonds is 7. The Morgan fingerprint density at radius 1 is 1.11 bits per heavy atom. The molecule has 3 nitrogen and oxygen atoms in total. The normalized spacial score (nSPS) is 23.5. The quantitative estimate of drug-likeness (QED) is 0.729. The average Bonchev–Trinajstić information content (AvgIpc) is 3.26. The van der Waals surface area contributed by atoms with Gasteiger partial charge in [0.25, 0.3) is 0 Å². The molecule has 0 radical (unpaired) electrons. The van der Waals surface area contributed by atoms with Gasteiger partial charge < -0.3 is 15.3 Å². The van der Waals surface area contributed by atoms with Gasteiger partial charge in [-0.1, -0.05) is 13.8 Å². The second-order valence-electron chi connectivity index (χ2n) is 6.29. The lowest BCUT2D eigenvalue weighted by Gasteiger charge is -2.36. The molecular weight excluding hydrogens is 224 g/mol. The summed E-state index contributed by atoms with van der Waals surface area (Å²) >= 11 is 0. The molecule has 0 bridgehead atoms. The number of nitrogens with zero attached hydrogens (tertiary/aromatic N) is 1. The van der Waals surface area contributed by atoms with E-state index >= 15 is 0 Å². The Morgan fingerprint density at radius 3 is 2.17 bits per heavy atom. The van der Waals surface area contributed by atoms with Gasteiger partial charge >= 0.3 is 0 Å². The van der Waals surface area contributed by atoms with Crippen LogP contribution in [-0.2, 0) is 0 Å². The summed E-state index contributed by atoms with van der Waals surface area (Å²) in [5.74, 6) is 0. The van der Waals surface area contributed by atoms with E-state index in [-0.39, 0.29) is 5.41 Å². The Morgan fingerprint density at radius 2 is 1.72 bits per heavy atom. The van der Waals surface area contributed by atoms with Gasteiger partial charge in [-0.2, -0.15) is 0 Å². The fraction of sp³-hybridized carbons (Fsp3) is 1.00. The lowest BCUT2D eigenvalue weighted by Crippen LogP contribution is -2.47. The molecule has 2 fully saturated rings. The third-order valence-corrected chi connectivity index (χ3v) is 5.19. The number of aliphatic hydroxyl groups is 1. The van der Waals surface area contributed by atoms with Gasteiger partial charge in [0.15, 0.2) is 0 Å². The molecule has 1 saturated carbocycles. The second kappa shape index (κ2) is 6.36. The van der Waals surface area contributed by atoms with Crippen LogP contribution in [0.2, 0.25) is 0 Å². The zero-order valence-electron chi connectivity index (χ0n) is 12.1. The first-order chi connectivity index (χ1) is 8.73. The smallest absolute Gasteiger partial charge is 0.0499 e. The number of aliphatic hydroxyl groups excluding tert-OH is 1. The molecule has 2 rings (SSSR count). The van der Waals surface area contributed by atoms with Crippen molar-refractivity contribution in [2.45, 2.75) is 64.5 Å². The van der Waals surface area contributed by atoms with Crippen LogP contribution in [0.1, 0.15) is 52.4 Å². The van der Waals surface area contributed by atoms with E-state index in [1.807, 2.05) is 0 Å². The first-order valence-corrected chi connectivity index (χ1v) is 7.81. The van der Waals surface area contributed by atoms with E-state index in [1.54, 1.807) is 0 Å². The molecule has 0 amide bonds. The maximum absolute atomic E-state index is 9.58. The van der Waals surface area contributed by atoms with E-state index in [2.05, 4.69) is 24.1 Å². The third kappa shape index (κ3) is 3.46. The minimum Gasteiger partial charge on any atom is -0.396 e. The molecule has 0 aromatic heterocycles. The summed E-state index contributed by atoms with van der Waals surface area (Å²) in [7, 11) is 0. The van der Waals surface area contributed by atoms with Crippen molar-refractivity contribution in [1.82, 2.24) is 10.2 Å². The summed E-state index contributed by atoms with van der Waals surface area (Å²) in [6, 6.07) is 1.60. The minimum atomic E-state index is 0.105. The predicted molar refractivity (Wildman–Crippen MR) is 75.7 cm³/mol. The van der Waals surface area contributed by atoms with E-state index < -0.39 is 0 Å². The molecule has 2 aliphatic rings. The maximum Gasteiger partial charge on any atom is 0.0499 e. The first-order valence-electron chi connectivity index (χ1n) is 7.81. The summed E-state index contributed by atoms with van der Waals surface area (Å²) in [6.07, 6.45) is 7.55. The predicted octanol–water partition coefficient (Wildman–Crippen LogP) is 2.00.